The minimum atomic E-state index is -3.53. The van der Waals surface area contributed by atoms with Crippen molar-refractivity contribution < 1.29 is 8.42 Å². The zero-order valence-corrected chi connectivity index (χ0v) is 12.1. The van der Waals surface area contributed by atoms with Crippen LogP contribution in [0.4, 0.5) is 0 Å². The van der Waals surface area contributed by atoms with Crippen LogP contribution in [-0.2, 0) is 10.0 Å². The second-order valence-corrected chi connectivity index (χ2v) is 7.10. The Morgan fingerprint density at radius 2 is 2.18 bits per heavy atom. The summed E-state index contributed by atoms with van der Waals surface area (Å²) in [6.45, 7) is 0.803. The number of hydrogen-bond donors (Lipinski definition) is 1. The summed E-state index contributed by atoms with van der Waals surface area (Å²) in [5, 5.41) is 0.216. The molecule has 1 aromatic carbocycles. The number of hydrogen-bond acceptors (Lipinski definition) is 3. The molecule has 1 saturated heterocycles. The minimum Gasteiger partial charge on any atom is -0.326 e. The number of benzene rings is 1. The van der Waals surface area contributed by atoms with Crippen LogP contribution in [0.1, 0.15) is 6.42 Å². The van der Waals surface area contributed by atoms with E-state index in [9.17, 15) is 8.42 Å². The predicted molar refractivity (Wildman–Crippen MR) is 70.5 cm³/mol. The van der Waals surface area contributed by atoms with Gasteiger partial charge in [-0.25, -0.2) is 8.42 Å². The molecule has 1 aliphatic rings. The molecule has 17 heavy (non-hydrogen) atoms. The molecule has 1 unspecified atom stereocenters. The van der Waals surface area contributed by atoms with Gasteiger partial charge in [-0.05, 0) is 34.5 Å². The summed E-state index contributed by atoms with van der Waals surface area (Å²) in [4.78, 5) is 0.127. The van der Waals surface area contributed by atoms with Crippen molar-refractivity contribution in [2.24, 2.45) is 5.73 Å². The highest BCUT2D eigenvalue weighted by atomic mass is 79.9. The van der Waals surface area contributed by atoms with Crippen molar-refractivity contribution in [3.8, 4) is 0 Å². The second kappa shape index (κ2) is 4.85. The van der Waals surface area contributed by atoms with E-state index >= 15 is 0 Å². The lowest BCUT2D eigenvalue weighted by Crippen LogP contribution is -2.32. The van der Waals surface area contributed by atoms with Gasteiger partial charge in [0.1, 0.15) is 4.90 Å². The summed E-state index contributed by atoms with van der Waals surface area (Å²) in [5.74, 6) is 0. The number of halogens is 2. The molecule has 1 fully saturated rings. The van der Waals surface area contributed by atoms with Crippen LogP contribution in [0, 0.1) is 0 Å². The Balaban J connectivity index is 2.42. The fourth-order valence-electron chi connectivity index (χ4n) is 1.79. The van der Waals surface area contributed by atoms with Gasteiger partial charge in [-0.3, -0.25) is 0 Å². The van der Waals surface area contributed by atoms with Crippen molar-refractivity contribution in [2.75, 3.05) is 13.1 Å². The average Bonchev–Trinajstić information content (AvgIpc) is 2.69. The summed E-state index contributed by atoms with van der Waals surface area (Å²) < 4.78 is 26.6. The first-order chi connectivity index (χ1) is 7.93. The van der Waals surface area contributed by atoms with Crippen LogP contribution in [0.2, 0.25) is 5.02 Å². The molecule has 1 aliphatic heterocycles. The standard InChI is InChI=1S/C10H12BrClN2O2S/c11-8-2-1-3-9(10(8)12)17(15,16)14-5-4-7(13)6-14/h1-3,7H,4-6,13H2. The van der Waals surface area contributed by atoms with Gasteiger partial charge in [-0.1, -0.05) is 17.7 Å². The fourth-order valence-corrected chi connectivity index (χ4v) is 4.31. The van der Waals surface area contributed by atoms with Crippen LogP contribution in [0.3, 0.4) is 0 Å². The molecule has 2 rings (SSSR count). The Kier molecular flexibility index (Phi) is 3.80. The van der Waals surface area contributed by atoms with Crippen LogP contribution in [0.5, 0.6) is 0 Å². The molecule has 4 nitrogen and oxygen atoms in total. The maximum Gasteiger partial charge on any atom is 0.244 e. The Hall–Kier alpha value is -0.140. The third-order valence-electron chi connectivity index (χ3n) is 2.72. The second-order valence-electron chi connectivity index (χ2n) is 3.96. The van der Waals surface area contributed by atoms with E-state index in [0.717, 1.165) is 0 Å². The molecule has 1 atom stereocenters. The molecular weight excluding hydrogens is 328 g/mol. The first-order valence-corrected chi connectivity index (χ1v) is 7.74. The molecule has 0 bridgehead atoms. The van der Waals surface area contributed by atoms with Crippen molar-refractivity contribution in [1.29, 1.82) is 0 Å². The first kappa shape index (κ1) is 13.3. The molecule has 0 radical (unpaired) electrons. The van der Waals surface area contributed by atoms with Crippen LogP contribution < -0.4 is 5.73 Å². The molecule has 7 heteroatoms. The van der Waals surface area contributed by atoms with Gasteiger partial charge in [0, 0.05) is 23.6 Å². The summed E-state index contributed by atoms with van der Waals surface area (Å²) in [6, 6.07) is 4.78. The van der Waals surface area contributed by atoms with Gasteiger partial charge in [0.2, 0.25) is 10.0 Å². The van der Waals surface area contributed by atoms with E-state index < -0.39 is 10.0 Å². The molecule has 0 spiro atoms. The Morgan fingerprint density at radius 3 is 2.76 bits per heavy atom. The predicted octanol–water partition coefficient (Wildman–Crippen LogP) is 1.82. The molecule has 2 N–H and O–H groups in total. The van der Waals surface area contributed by atoms with Crippen LogP contribution in [0.15, 0.2) is 27.6 Å². The third-order valence-corrected chi connectivity index (χ3v) is 6.04. The highest BCUT2D eigenvalue weighted by molar-refractivity contribution is 9.10. The van der Waals surface area contributed by atoms with Crippen LogP contribution in [0.25, 0.3) is 0 Å². The van der Waals surface area contributed by atoms with Gasteiger partial charge in [-0.2, -0.15) is 4.31 Å². The van der Waals surface area contributed by atoms with Gasteiger partial charge in [0.25, 0.3) is 0 Å². The van der Waals surface area contributed by atoms with Gasteiger partial charge in [-0.15, -0.1) is 0 Å². The largest absolute Gasteiger partial charge is 0.326 e. The van der Waals surface area contributed by atoms with E-state index in [1.807, 2.05) is 0 Å². The van der Waals surface area contributed by atoms with E-state index in [-0.39, 0.29) is 16.0 Å². The average molecular weight is 340 g/mol. The van der Waals surface area contributed by atoms with Crippen molar-refractivity contribution in [2.45, 2.75) is 17.4 Å². The van der Waals surface area contributed by atoms with Crippen LogP contribution in [-0.4, -0.2) is 31.9 Å². The maximum atomic E-state index is 12.3. The quantitative estimate of drug-likeness (QED) is 0.894. The third kappa shape index (κ3) is 2.51. The van der Waals surface area contributed by atoms with E-state index in [0.29, 0.717) is 24.0 Å². The highest BCUT2D eigenvalue weighted by Crippen LogP contribution is 2.32. The number of sulfonamides is 1. The lowest BCUT2D eigenvalue weighted by molar-refractivity contribution is 0.472. The van der Waals surface area contributed by atoms with E-state index in [4.69, 9.17) is 17.3 Å². The maximum absolute atomic E-state index is 12.3. The lowest BCUT2D eigenvalue weighted by atomic mass is 10.3. The minimum absolute atomic E-state index is 0.0873. The van der Waals surface area contributed by atoms with Crippen LogP contribution >= 0.6 is 27.5 Å². The van der Waals surface area contributed by atoms with Crippen molar-refractivity contribution >= 4 is 37.6 Å². The van der Waals surface area contributed by atoms with Gasteiger partial charge < -0.3 is 5.73 Å². The van der Waals surface area contributed by atoms with Gasteiger partial charge in [0.05, 0.1) is 5.02 Å². The smallest absolute Gasteiger partial charge is 0.244 e. The zero-order chi connectivity index (χ0) is 12.6. The van der Waals surface area contributed by atoms with E-state index in [2.05, 4.69) is 15.9 Å². The highest BCUT2D eigenvalue weighted by Gasteiger charge is 2.32. The number of nitrogens with zero attached hydrogens (tertiary/aromatic N) is 1. The summed E-state index contributed by atoms with van der Waals surface area (Å²) >= 11 is 9.23. The monoisotopic (exact) mass is 338 g/mol. The molecular formula is C10H12BrClN2O2S. The van der Waals surface area contributed by atoms with Crippen molar-refractivity contribution in [1.82, 2.24) is 4.31 Å². The zero-order valence-electron chi connectivity index (χ0n) is 8.94. The topological polar surface area (TPSA) is 63.4 Å². The summed E-state index contributed by atoms with van der Waals surface area (Å²) in [6.07, 6.45) is 0.685. The van der Waals surface area contributed by atoms with E-state index in [1.165, 1.54) is 10.4 Å². The molecule has 1 heterocycles. The van der Waals surface area contributed by atoms with Gasteiger partial charge in [0.15, 0.2) is 0 Å². The fraction of sp³-hybridized carbons (Fsp3) is 0.400. The van der Waals surface area contributed by atoms with Gasteiger partial charge >= 0.3 is 0 Å². The SMILES string of the molecule is NC1CCN(S(=O)(=O)c2cccc(Br)c2Cl)C1. The molecule has 1 aromatic rings. The van der Waals surface area contributed by atoms with Crippen molar-refractivity contribution in [3.63, 3.8) is 0 Å². The molecule has 94 valence electrons. The summed E-state index contributed by atoms with van der Waals surface area (Å²) in [7, 11) is -3.53. The van der Waals surface area contributed by atoms with Crippen molar-refractivity contribution in [3.05, 3.63) is 27.7 Å². The number of rotatable bonds is 2. The first-order valence-electron chi connectivity index (χ1n) is 5.12. The lowest BCUT2D eigenvalue weighted by Gasteiger charge is -2.17. The molecule has 0 aromatic heterocycles. The Morgan fingerprint density at radius 1 is 1.47 bits per heavy atom. The number of nitrogens with two attached hydrogens (primary N) is 1. The Labute approximate surface area is 114 Å². The molecule has 0 amide bonds. The Bertz CT molecular complexity index is 535. The van der Waals surface area contributed by atoms with E-state index in [1.54, 1.807) is 12.1 Å². The normalized spacial score (nSPS) is 21.9. The molecule has 0 saturated carbocycles. The summed E-state index contributed by atoms with van der Waals surface area (Å²) in [5.41, 5.74) is 5.72. The molecule has 0 aliphatic carbocycles.